The zero-order valence-corrected chi connectivity index (χ0v) is 17.8. The molecule has 0 bridgehead atoms. The summed E-state index contributed by atoms with van der Waals surface area (Å²) >= 11 is 12.0. The molecule has 9 heteroatoms. The predicted molar refractivity (Wildman–Crippen MR) is 114 cm³/mol. The molecule has 1 atom stereocenters. The maximum atomic E-state index is 12.2. The standard InChI is InChI=1S/C21H19Cl2N3O4/c1-12-10-24-21(29)26(12)16-6-3-14(4-7-16)20(28)30-11-19(27)25-13(2)17-8-5-15(22)9-18(17)23/h3-10,13H,11H2,1-2H3,(H,24,29)(H,25,27). The van der Waals surface area contributed by atoms with Crippen molar-refractivity contribution in [3.05, 3.63) is 86.0 Å². The third-order valence-electron chi connectivity index (χ3n) is 4.46. The molecule has 2 aromatic carbocycles. The molecular formula is C21H19Cl2N3O4. The lowest BCUT2D eigenvalue weighted by Gasteiger charge is -2.16. The van der Waals surface area contributed by atoms with Gasteiger partial charge in [-0.3, -0.25) is 9.36 Å². The normalized spacial score (nSPS) is 11.7. The highest BCUT2D eigenvalue weighted by Gasteiger charge is 2.15. The minimum atomic E-state index is -0.646. The van der Waals surface area contributed by atoms with Crippen LogP contribution in [-0.2, 0) is 9.53 Å². The topological polar surface area (TPSA) is 93.2 Å². The first-order valence-electron chi connectivity index (χ1n) is 9.05. The van der Waals surface area contributed by atoms with E-state index in [1.165, 1.54) is 16.7 Å². The number of rotatable bonds is 6. The summed E-state index contributed by atoms with van der Waals surface area (Å²) in [5.41, 5.74) is 2.05. The Bertz CT molecular complexity index is 1140. The van der Waals surface area contributed by atoms with Gasteiger partial charge in [0.05, 0.1) is 17.3 Å². The number of nitrogens with zero attached hydrogens (tertiary/aromatic N) is 1. The summed E-state index contributed by atoms with van der Waals surface area (Å²) < 4.78 is 6.55. The average Bonchev–Trinajstić information content (AvgIpc) is 3.04. The molecular weight excluding hydrogens is 429 g/mol. The fourth-order valence-corrected chi connectivity index (χ4v) is 3.52. The summed E-state index contributed by atoms with van der Waals surface area (Å²) in [4.78, 5) is 38.8. The molecule has 0 aliphatic heterocycles. The van der Waals surface area contributed by atoms with Gasteiger partial charge >= 0.3 is 11.7 Å². The van der Waals surface area contributed by atoms with Crippen LogP contribution >= 0.6 is 23.2 Å². The van der Waals surface area contributed by atoms with E-state index in [0.29, 0.717) is 21.3 Å². The van der Waals surface area contributed by atoms with Crippen LogP contribution in [0, 0.1) is 6.92 Å². The zero-order valence-electron chi connectivity index (χ0n) is 16.2. The van der Waals surface area contributed by atoms with E-state index in [0.717, 1.165) is 5.69 Å². The lowest BCUT2D eigenvalue weighted by atomic mass is 10.1. The van der Waals surface area contributed by atoms with Crippen molar-refractivity contribution in [3.8, 4) is 5.69 Å². The monoisotopic (exact) mass is 447 g/mol. The molecule has 0 aliphatic carbocycles. The van der Waals surface area contributed by atoms with Crippen LogP contribution in [-0.4, -0.2) is 28.0 Å². The molecule has 7 nitrogen and oxygen atoms in total. The summed E-state index contributed by atoms with van der Waals surface area (Å²) in [7, 11) is 0. The van der Waals surface area contributed by atoms with Crippen molar-refractivity contribution in [2.24, 2.45) is 0 Å². The first-order valence-corrected chi connectivity index (χ1v) is 9.80. The quantitative estimate of drug-likeness (QED) is 0.561. The number of esters is 1. The van der Waals surface area contributed by atoms with Crippen molar-refractivity contribution in [1.29, 1.82) is 0 Å². The number of carbonyl (C=O) groups is 2. The van der Waals surface area contributed by atoms with Crippen molar-refractivity contribution in [3.63, 3.8) is 0 Å². The summed E-state index contributed by atoms with van der Waals surface area (Å²) in [6.07, 6.45) is 1.60. The van der Waals surface area contributed by atoms with Gasteiger partial charge in [-0.2, -0.15) is 0 Å². The minimum absolute atomic E-state index is 0.265. The molecule has 30 heavy (non-hydrogen) atoms. The SMILES string of the molecule is Cc1c[nH]c(=O)n1-c1ccc(C(=O)OCC(=O)NC(C)c2ccc(Cl)cc2Cl)cc1. The van der Waals surface area contributed by atoms with E-state index in [1.54, 1.807) is 50.4 Å². The number of ether oxygens (including phenoxy) is 1. The average molecular weight is 448 g/mol. The van der Waals surface area contributed by atoms with Crippen molar-refractivity contribution >= 4 is 35.1 Å². The Kier molecular flexibility index (Phi) is 6.64. The van der Waals surface area contributed by atoms with Gasteiger partial charge in [0.25, 0.3) is 5.91 Å². The molecule has 3 aromatic rings. The van der Waals surface area contributed by atoms with Crippen LogP contribution in [0.2, 0.25) is 10.0 Å². The third-order valence-corrected chi connectivity index (χ3v) is 5.02. The molecule has 1 heterocycles. The second-order valence-electron chi connectivity index (χ2n) is 6.65. The van der Waals surface area contributed by atoms with Crippen LogP contribution in [0.3, 0.4) is 0 Å². The van der Waals surface area contributed by atoms with Crippen LogP contribution in [0.5, 0.6) is 0 Å². The lowest BCUT2D eigenvalue weighted by molar-refractivity contribution is -0.124. The summed E-state index contributed by atoms with van der Waals surface area (Å²) in [5, 5.41) is 3.65. The number of imidazole rings is 1. The first kappa shape index (κ1) is 21.7. The largest absolute Gasteiger partial charge is 0.452 e. The molecule has 1 amide bonds. The van der Waals surface area contributed by atoms with Gasteiger partial charge in [0.1, 0.15) is 0 Å². The van der Waals surface area contributed by atoms with E-state index in [4.69, 9.17) is 27.9 Å². The van der Waals surface area contributed by atoms with Gasteiger partial charge < -0.3 is 15.0 Å². The van der Waals surface area contributed by atoms with E-state index < -0.39 is 18.5 Å². The molecule has 0 radical (unpaired) electrons. The summed E-state index contributed by atoms with van der Waals surface area (Å²) in [6, 6.07) is 10.9. The predicted octanol–water partition coefficient (Wildman–Crippen LogP) is 3.82. The number of aromatic nitrogens is 2. The number of aryl methyl sites for hydroxylation is 1. The number of halogens is 2. The Hall–Kier alpha value is -3.03. The van der Waals surface area contributed by atoms with Crippen molar-refractivity contribution < 1.29 is 14.3 Å². The Labute approximate surface area is 182 Å². The van der Waals surface area contributed by atoms with Crippen molar-refractivity contribution in [2.75, 3.05) is 6.61 Å². The summed E-state index contributed by atoms with van der Waals surface area (Å²) in [5.74, 6) is -1.11. The van der Waals surface area contributed by atoms with Gasteiger partial charge in [-0.15, -0.1) is 0 Å². The molecule has 156 valence electrons. The number of hydrogen-bond acceptors (Lipinski definition) is 4. The number of aromatic amines is 1. The number of H-pyrrole nitrogens is 1. The van der Waals surface area contributed by atoms with Gasteiger partial charge in [0, 0.05) is 21.9 Å². The van der Waals surface area contributed by atoms with Gasteiger partial charge in [-0.25, -0.2) is 9.59 Å². The second kappa shape index (κ2) is 9.19. The molecule has 1 aromatic heterocycles. The van der Waals surface area contributed by atoms with Crippen LogP contribution < -0.4 is 11.0 Å². The lowest BCUT2D eigenvalue weighted by Crippen LogP contribution is -2.31. The minimum Gasteiger partial charge on any atom is -0.452 e. The van der Waals surface area contributed by atoms with Gasteiger partial charge in [-0.05, 0) is 55.8 Å². The molecule has 0 aliphatic rings. The van der Waals surface area contributed by atoms with Crippen LogP contribution in [0.4, 0.5) is 0 Å². The van der Waals surface area contributed by atoms with E-state index in [1.807, 2.05) is 0 Å². The van der Waals surface area contributed by atoms with Crippen LogP contribution in [0.25, 0.3) is 5.69 Å². The number of nitrogens with one attached hydrogen (secondary N) is 2. The van der Waals surface area contributed by atoms with Gasteiger partial charge in [-0.1, -0.05) is 29.3 Å². The number of hydrogen-bond donors (Lipinski definition) is 2. The molecule has 1 unspecified atom stereocenters. The van der Waals surface area contributed by atoms with E-state index in [2.05, 4.69) is 10.3 Å². The number of amides is 1. The van der Waals surface area contributed by atoms with Crippen LogP contribution in [0.15, 0.2) is 53.5 Å². The molecule has 0 saturated carbocycles. The molecule has 0 saturated heterocycles. The number of carbonyl (C=O) groups excluding carboxylic acids is 2. The van der Waals surface area contributed by atoms with Gasteiger partial charge in [0.15, 0.2) is 6.61 Å². The Balaban J connectivity index is 1.57. The first-order chi connectivity index (χ1) is 14.3. The number of benzene rings is 2. The molecule has 0 spiro atoms. The maximum absolute atomic E-state index is 12.2. The summed E-state index contributed by atoms with van der Waals surface area (Å²) in [6.45, 7) is 3.11. The van der Waals surface area contributed by atoms with Crippen molar-refractivity contribution in [2.45, 2.75) is 19.9 Å². The van der Waals surface area contributed by atoms with E-state index in [-0.39, 0.29) is 17.3 Å². The maximum Gasteiger partial charge on any atom is 0.338 e. The fraction of sp³-hybridized carbons (Fsp3) is 0.190. The Morgan fingerprint density at radius 1 is 1.17 bits per heavy atom. The highest BCUT2D eigenvalue weighted by Crippen LogP contribution is 2.26. The highest BCUT2D eigenvalue weighted by molar-refractivity contribution is 6.35. The van der Waals surface area contributed by atoms with E-state index >= 15 is 0 Å². The van der Waals surface area contributed by atoms with Crippen LogP contribution in [0.1, 0.15) is 34.6 Å². The molecule has 0 fully saturated rings. The van der Waals surface area contributed by atoms with E-state index in [9.17, 15) is 14.4 Å². The Morgan fingerprint density at radius 2 is 1.87 bits per heavy atom. The van der Waals surface area contributed by atoms with Crippen molar-refractivity contribution in [1.82, 2.24) is 14.9 Å². The smallest absolute Gasteiger partial charge is 0.338 e. The second-order valence-corrected chi connectivity index (χ2v) is 7.49. The fourth-order valence-electron chi connectivity index (χ4n) is 2.95. The zero-order chi connectivity index (χ0) is 21.8. The third kappa shape index (κ3) is 4.93. The van der Waals surface area contributed by atoms with Gasteiger partial charge in [0.2, 0.25) is 0 Å². The molecule has 2 N–H and O–H groups in total. The Morgan fingerprint density at radius 3 is 2.47 bits per heavy atom. The highest BCUT2D eigenvalue weighted by atomic mass is 35.5. The molecule has 3 rings (SSSR count).